The summed E-state index contributed by atoms with van der Waals surface area (Å²) in [5, 5.41) is 9.37. The fourth-order valence-corrected chi connectivity index (χ4v) is 2.12. The fourth-order valence-electron chi connectivity index (χ4n) is 2.12. The van der Waals surface area contributed by atoms with Crippen LogP contribution in [0.25, 0.3) is 11.0 Å². The van der Waals surface area contributed by atoms with Crippen LogP contribution in [0.4, 0.5) is 0 Å². The van der Waals surface area contributed by atoms with Gasteiger partial charge < -0.3 is 4.57 Å². The first-order valence-electron chi connectivity index (χ1n) is 5.86. The second kappa shape index (κ2) is 4.50. The van der Waals surface area contributed by atoms with E-state index in [0.717, 1.165) is 16.6 Å². The molecular weight excluding hydrogens is 238 g/mol. The van der Waals surface area contributed by atoms with Crippen molar-refractivity contribution in [3.05, 3.63) is 54.4 Å². The van der Waals surface area contributed by atoms with Crippen LogP contribution in [0.5, 0.6) is 0 Å². The standard InChI is InChI=1S/C14H11N5/c1-19-9-18-13-6-10(2-3-14(13)19)11(7-15)12-4-5-16-8-17-12/h2-6,8-9,11H,1H3. The van der Waals surface area contributed by atoms with E-state index in [4.69, 9.17) is 0 Å². The van der Waals surface area contributed by atoms with Crippen LogP contribution in [0.3, 0.4) is 0 Å². The van der Waals surface area contributed by atoms with Crippen molar-refractivity contribution in [2.24, 2.45) is 7.05 Å². The lowest BCUT2D eigenvalue weighted by Crippen LogP contribution is -2.01. The summed E-state index contributed by atoms with van der Waals surface area (Å²) in [6.45, 7) is 0. The molecule has 3 aromatic rings. The van der Waals surface area contributed by atoms with Crippen LogP contribution in [0.15, 0.2) is 43.1 Å². The molecule has 3 rings (SSSR count). The van der Waals surface area contributed by atoms with Crippen molar-refractivity contribution in [2.45, 2.75) is 5.92 Å². The molecule has 92 valence electrons. The number of hydrogen-bond acceptors (Lipinski definition) is 4. The number of nitriles is 1. The minimum Gasteiger partial charge on any atom is -0.334 e. The first kappa shape index (κ1) is 11.4. The van der Waals surface area contributed by atoms with Gasteiger partial charge in [0.1, 0.15) is 12.2 Å². The Morgan fingerprint density at radius 3 is 2.89 bits per heavy atom. The first-order valence-corrected chi connectivity index (χ1v) is 5.86. The molecule has 1 atom stereocenters. The van der Waals surface area contributed by atoms with Crippen molar-refractivity contribution >= 4 is 11.0 Å². The zero-order valence-corrected chi connectivity index (χ0v) is 10.4. The van der Waals surface area contributed by atoms with Gasteiger partial charge in [-0.05, 0) is 23.8 Å². The second-order valence-corrected chi connectivity index (χ2v) is 4.30. The number of nitrogens with zero attached hydrogens (tertiary/aromatic N) is 5. The highest BCUT2D eigenvalue weighted by molar-refractivity contribution is 5.76. The molecule has 19 heavy (non-hydrogen) atoms. The largest absolute Gasteiger partial charge is 0.334 e. The van der Waals surface area contributed by atoms with E-state index in [9.17, 15) is 5.26 Å². The number of benzene rings is 1. The Labute approximate surface area is 110 Å². The number of rotatable bonds is 2. The quantitative estimate of drug-likeness (QED) is 0.696. The Morgan fingerprint density at radius 1 is 1.26 bits per heavy atom. The van der Waals surface area contributed by atoms with Gasteiger partial charge in [-0.15, -0.1) is 0 Å². The van der Waals surface area contributed by atoms with Crippen LogP contribution in [-0.4, -0.2) is 19.5 Å². The van der Waals surface area contributed by atoms with Crippen LogP contribution < -0.4 is 0 Å². The molecule has 1 aromatic carbocycles. The molecule has 0 aliphatic carbocycles. The van der Waals surface area contributed by atoms with Crippen molar-refractivity contribution < 1.29 is 0 Å². The Kier molecular flexibility index (Phi) is 2.69. The third-order valence-electron chi connectivity index (χ3n) is 3.11. The van der Waals surface area contributed by atoms with E-state index in [2.05, 4.69) is 21.0 Å². The Hall–Kier alpha value is -2.74. The van der Waals surface area contributed by atoms with Crippen LogP contribution in [0.1, 0.15) is 17.2 Å². The Morgan fingerprint density at radius 2 is 2.16 bits per heavy atom. The van der Waals surface area contributed by atoms with E-state index < -0.39 is 5.92 Å². The van der Waals surface area contributed by atoms with Gasteiger partial charge in [0, 0.05) is 13.2 Å². The normalized spacial score (nSPS) is 12.2. The SMILES string of the molecule is Cn1cnc2cc(C(C#N)c3ccncn3)ccc21. The molecule has 0 saturated heterocycles. The van der Waals surface area contributed by atoms with E-state index in [1.54, 1.807) is 18.6 Å². The van der Waals surface area contributed by atoms with Gasteiger partial charge in [0.15, 0.2) is 0 Å². The number of imidazole rings is 1. The summed E-state index contributed by atoms with van der Waals surface area (Å²) in [5.74, 6) is -0.394. The molecular formula is C14H11N5. The summed E-state index contributed by atoms with van der Waals surface area (Å²) in [7, 11) is 1.95. The maximum atomic E-state index is 9.37. The molecule has 0 fully saturated rings. The molecule has 0 N–H and O–H groups in total. The van der Waals surface area contributed by atoms with Gasteiger partial charge in [-0.1, -0.05) is 6.07 Å². The van der Waals surface area contributed by atoms with Crippen LogP contribution >= 0.6 is 0 Å². The summed E-state index contributed by atoms with van der Waals surface area (Å²) < 4.78 is 1.95. The number of aryl methyl sites for hydroxylation is 1. The maximum Gasteiger partial charge on any atom is 0.115 e. The molecule has 0 aliphatic rings. The summed E-state index contributed by atoms with van der Waals surface area (Å²) in [4.78, 5) is 12.3. The van der Waals surface area contributed by atoms with Crippen molar-refractivity contribution in [3.8, 4) is 6.07 Å². The molecule has 5 heteroatoms. The van der Waals surface area contributed by atoms with Gasteiger partial charge in [-0.3, -0.25) is 0 Å². The van der Waals surface area contributed by atoms with Crippen molar-refractivity contribution in [1.29, 1.82) is 5.26 Å². The highest BCUT2D eigenvalue weighted by Gasteiger charge is 2.15. The minimum atomic E-state index is -0.394. The maximum absolute atomic E-state index is 9.37. The predicted octanol–water partition coefficient (Wildman–Crippen LogP) is 2.02. The molecule has 0 spiro atoms. The van der Waals surface area contributed by atoms with Gasteiger partial charge in [-0.25, -0.2) is 15.0 Å². The van der Waals surface area contributed by atoms with Crippen LogP contribution in [-0.2, 0) is 7.05 Å². The van der Waals surface area contributed by atoms with E-state index in [0.29, 0.717) is 5.69 Å². The van der Waals surface area contributed by atoms with Crippen LogP contribution in [0.2, 0.25) is 0 Å². The molecule has 0 aliphatic heterocycles. The zero-order chi connectivity index (χ0) is 13.2. The Bertz CT molecular complexity index is 754. The highest BCUT2D eigenvalue weighted by atomic mass is 15.0. The van der Waals surface area contributed by atoms with Crippen molar-refractivity contribution in [1.82, 2.24) is 19.5 Å². The molecule has 0 bridgehead atoms. The number of aromatic nitrogens is 4. The van der Waals surface area contributed by atoms with E-state index in [-0.39, 0.29) is 0 Å². The van der Waals surface area contributed by atoms with Crippen LogP contribution in [0, 0.1) is 11.3 Å². The van der Waals surface area contributed by atoms with Gasteiger partial charge in [0.05, 0.1) is 29.1 Å². The van der Waals surface area contributed by atoms with Gasteiger partial charge in [-0.2, -0.15) is 5.26 Å². The van der Waals surface area contributed by atoms with Crippen molar-refractivity contribution in [3.63, 3.8) is 0 Å². The third kappa shape index (κ3) is 1.93. The van der Waals surface area contributed by atoms with E-state index >= 15 is 0 Å². The highest BCUT2D eigenvalue weighted by Crippen LogP contribution is 2.24. The number of fused-ring (bicyclic) bond motifs is 1. The predicted molar refractivity (Wildman–Crippen MR) is 70.2 cm³/mol. The topological polar surface area (TPSA) is 67.4 Å². The number of hydrogen-bond donors (Lipinski definition) is 0. The summed E-state index contributed by atoms with van der Waals surface area (Å²) in [6.07, 6.45) is 4.87. The second-order valence-electron chi connectivity index (χ2n) is 4.30. The minimum absolute atomic E-state index is 0.394. The molecule has 5 nitrogen and oxygen atoms in total. The van der Waals surface area contributed by atoms with Gasteiger partial charge in [0.2, 0.25) is 0 Å². The monoisotopic (exact) mass is 249 g/mol. The summed E-state index contributed by atoms with van der Waals surface area (Å²) in [5.41, 5.74) is 3.53. The van der Waals surface area contributed by atoms with E-state index in [1.807, 2.05) is 29.8 Å². The molecule has 2 aromatic heterocycles. The van der Waals surface area contributed by atoms with Gasteiger partial charge in [0.25, 0.3) is 0 Å². The van der Waals surface area contributed by atoms with Gasteiger partial charge >= 0.3 is 0 Å². The third-order valence-corrected chi connectivity index (χ3v) is 3.11. The first-order chi connectivity index (χ1) is 9.29. The molecule has 0 radical (unpaired) electrons. The average Bonchev–Trinajstić information content (AvgIpc) is 2.82. The smallest absolute Gasteiger partial charge is 0.115 e. The lowest BCUT2D eigenvalue weighted by Gasteiger charge is -2.08. The average molecular weight is 249 g/mol. The fraction of sp³-hybridized carbons (Fsp3) is 0.143. The van der Waals surface area contributed by atoms with Crippen molar-refractivity contribution in [2.75, 3.05) is 0 Å². The molecule has 0 saturated carbocycles. The zero-order valence-electron chi connectivity index (χ0n) is 10.4. The summed E-state index contributed by atoms with van der Waals surface area (Å²) in [6, 6.07) is 9.90. The van der Waals surface area contributed by atoms with E-state index in [1.165, 1.54) is 6.33 Å². The lowest BCUT2D eigenvalue weighted by molar-refractivity contribution is 0.940. The summed E-state index contributed by atoms with van der Waals surface area (Å²) >= 11 is 0. The molecule has 2 heterocycles. The lowest BCUT2D eigenvalue weighted by atomic mass is 9.96. The Balaban J connectivity index is 2.10. The molecule has 0 amide bonds. The molecule has 1 unspecified atom stereocenters.